The van der Waals surface area contributed by atoms with Gasteiger partial charge in [-0.3, -0.25) is 4.79 Å². The van der Waals surface area contributed by atoms with E-state index in [9.17, 15) is 10.1 Å². The predicted octanol–water partition coefficient (Wildman–Crippen LogP) is 3.32. The summed E-state index contributed by atoms with van der Waals surface area (Å²) in [7, 11) is 0. The Morgan fingerprint density at radius 1 is 1.27 bits per heavy atom. The molecule has 1 aromatic rings. The van der Waals surface area contributed by atoms with Gasteiger partial charge in [0.05, 0.1) is 19.8 Å². The number of hydrogen-bond acceptors (Lipinski definition) is 5. The van der Waals surface area contributed by atoms with E-state index in [1.807, 2.05) is 30.3 Å². The number of anilines is 1. The highest BCUT2D eigenvalue weighted by molar-refractivity contribution is 5.97. The lowest BCUT2D eigenvalue weighted by Gasteiger charge is -2.26. The molecule has 1 heterocycles. The van der Waals surface area contributed by atoms with Crippen LogP contribution in [-0.2, 0) is 9.53 Å². The van der Waals surface area contributed by atoms with Crippen LogP contribution in [0.5, 0.6) is 5.75 Å². The number of amides is 1. The molecule has 1 aliphatic rings. The topological polar surface area (TPSA) is 74.6 Å². The Labute approximate surface area is 155 Å². The number of hydrogen-bond donors (Lipinski definition) is 1. The van der Waals surface area contributed by atoms with Crippen molar-refractivity contribution in [3.05, 3.63) is 36.0 Å². The molecule has 1 amide bonds. The van der Waals surface area contributed by atoms with Crippen LogP contribution in [0.15, 0.2) is 36.0 Å². The van der Waals surface area contributed by atoms with Crippen LogP contribution in [-0.4, -0.2) is 43.7 Å². The van der Waals surface area contributed by atoms with Crippen molar-refractivity contribution in [2.45, 2.75) is 32.6 Å². The molecule has 0 atom stereocenters. The Kier molecular flexibility index (Phi) is 8.50. The minimum absolute atomic E-state index is 0.0863. The van der Waals surface area contributed by atoms with Crippen molar-refractivity contribution < 1.29 is 14.3 Å². The van der Waals surface area contributed by atoms with Gasteiger partial charge in [0.15, 0.2) is 0 Å². The Morgan fingerprint density at radius 2 is 2.00 bits per heavy atom. The smallest absolute Gasteiger partial charge is 0.266 e. The molecule has 26 heavy (non-hydrogen) atoms. The average molecular weight is 357 g/mol. The third-order valence-corrected chi connectivity index (χ3v) is 4.15. The molecular formula is C20H27N3O3. The van der Waals surface area contributed by atoms with Crippen molar-refractivity contribution in [3.8, 4) is 11.8 Å². The number of carbonyl (C=O) groups is 1. The molecule has 1 fully saturated rings. The van der Waals surface area contributed by atoms with Gasteiger partial charge in [-0.1, -0.05) is 26.2 Å². The lowest BCUT2D eigenvalue weighted by atomic mass is 10.2. The lowest BCUT2D eigenvalue weighted by Crippen LogP contribution is -2.41. The quantitative estimate of drug-likeness (QED) is 0.417. The minimum Gasteiger partial charge on any atom is -0.494 e. The van der Waals surface area contributed by atoms with E-state index < -0.39 is 0 Å². The van der Waals surface area contributed by atoms with Gasteiger partial charge in [0.1, 0.15) is 17.4 Å². The zero-order chi connectivity index (χ0) is 18.6. The standard InChI is InChI=1S/C20H27N3O3/c1-2-3-4-5-12-26-19-8-6-18(7-9-19)22-16-17(15-21)20(24)23-10-13-25-14-11-23/h6-9,16,22H,2-5,10-14H2,1H3. The summed E-state index contributed by atoms with van der Waals surface area (Å²) in [6.45, 7) is 4.96. The summed E-state index contributed by atoms with van der Waals surface area (Å²) in [6.07, 6.45) is 6.16. The number of nitrogens with zero attached hydrogens (tertiary/aromatic N) is 2. The zero-order valence-electron chi connectivity index (χ0n) is 15.4. The second kappa shape index (κ2) is 11.2. The van der Waals surface area contributed by atoms with Crippen LogP contribution in [0.25, 0.3) is 0 Å². The van der Waals surface area contributed by atoms with Gasteiger partial charge in [0.25, 0.3) is 5.91 Å². The van der Waals surface area contributed by atoms with E-state index in [0.717, 1.165) is 24.5 Å². The molecule has 0 aromatic heterocycles. The average Bonchev–Trinajstić information content (AvgIpc) is 2.70. The van der Waals surface area contributed by atoms with E-state index in [4.69, 9.17) is 9.47 Å². The fourth-order valence-corrected chi connectivity index (χ4v) is 2.60. The first-order valence-corrected chi connectivity index (χ1v) is 9.21. The molecule has 1 aromatic carbocycles. The molecule has 1 saturated heterocycles. The second-order valence-corrected chi connectivity index (χ2v) is 6.15. The van der Waals surface area contributed by atoms with Crippen LogP contribution in [0, 0.1) is 11.3 Å². The molecule has 6 nitrogen and oxygen atoms in total. The summed E-state index contributed by atoms with van der Waals surface area (Å²) >= 11 is 0. The zero-order valence-corrected chi connectivity index (χ0v) is 15.4. The summed E-state index contributed by atoms with van der Waals surface area (Å²) < 4.78 is 10.9. The Bertz CT molecular complexity index is 629. The Morgan fingerprint density at radius 3 is 2.65 bits per heavy atom. The third-order valence-electron chi connectivity index (χ3n) is 4.15. The van der Waals surface area contributed by atoms with Gasteiger partial charge >= 0.3 is 0 Å². The van der Waals surface area contributed by atoms with Gasteiger partial charge in [-0.25, -0.2) is 0 Å². The van der Waals surface area contributed by atoms with Crippen molar-refractivity contribution in [1.29, 1.82) is 5.26 Å². The fraction of sp³-hybridized carbons (Fsp3) is 0.500. The number of morpholine rings is 1. The van der Waals surface area contributed by atoms with Crippen LogP contribution < -0.4 is 10.1 Å². The lowest BCUT2D eigenvalue weighted by molar-refractivity contribution is -0.130. The maximum Gasteiger partial charge on any atom is 0.266 e. The monoisotopic (exact) mass is 357 g/mol. The molecule has 2 rings (SSSR count). The van der Waals surface area contributed by atoms with Crippen LogP contribution in [0.3, 0.4) is 0 Å². The molecule has 0 aliphatic carbocycles. The van der Waals surface area contributed by atoms with Crippen molar-refractivity contribution in [2.24, 2.45) is 0 Å². The van der Waals surface area contributed by atoms with Crippen LogP contribution in [0.4, 0.5) is 5.69 Å². The summed E-state index contributed by atoms with van der Waals surface area (Å²) in [5, 5.41) is 12.3. The van der Waals surface area contributed by atoms with E-state index in [2.05, 4.69) is 12.2 Å². The van der Waals surface area contributed by atoms with Crippen molar-refractivity contribution in [3.63, 3.8) is 0 Å². The molecule has 0 spiro atoms. The highest BCUT2D eigenvalue weighted by Gasteiger charge is 2.20. The van der Waals surface area contributed by atoms with E-state index in [1.54, 1.807) is 4.90 Å². The molecule has 6 heteroatoms. The van der Waals surface area contributed by atoms with Crippen molar-refractivity contribution >= 4 is 11.6 Å². The number of nitriles is 1. The van der Waals surface area contributed by atoms with Gasteiger partial charge in [-0.15, -0.1) is 0 Å². The largest absolute Gasteiger partial charge is 0.494 e. The number of ether oxygens (including phenoxy) is 2. The van der Waals surface area contributed by atoms with Crippen LogP contribution in [0.2, 0.25) is 0 Å². The van der Waals surface area contributed by atoms with E-state index >= 15 is 0 Å². The van der Waals surface area contributed by atoms with E-state index in [-0.39, 0.29) is 11.5 Å². The first-order valence-electron chi connectivity index (χ1n) is 9.21. The molecule has 0 bridgehead atoms. The maximum atomic E-state index is 12.3. The Hall–Kier alpha value is -2.52. The van der Waals surface area contributed by atoms with E-state index in [0.29, 0.717) is 26.3 Å². The molecule has 0 radical (unpaired) electrons. The van der Waals surface area contributed by atoms with Gasteiger partial charge in [0.2, 0.25) is 0 Å². The first kappa shape index (κ1) is 19.8. The number of unbranched alkanes of at least 4 members (excludes halogenated alkanes) is 3. The molecular weight excluding hydrogens is 330 g/mol. The highest BCUT2D eigenvalue weighted by atomic mass is 16.5. The first-order chi connectivity index (χ1) is 12.7. The molecule has 0 saturated carbocycles. The third kappa shape index (κ3) is 6.41. The summed E-state index contributed by atoms with van der Waals surface area (Å²) in [5.74, 6) is 0.552. The normalized spacial score (nSPS) is 14.6. The van der Waals surface area contributed by atoms with Gasteiger partial charge in [-0.2, -0.15) is 5.26 Å². The summed E-state index contributed by atoms with van der Waals surface area (Å²) in [5.41, 5.74) is 0.883. The molecule has 0 unspecified atom stereocenters. The van der Waals surface area contributed by atoms with Gasteiger partial charge < -0.3 is 19.7 Å². The summed E-state index contributed by atoms with van der Waals surface area (Å²) in [4.78, 5) is 14.0. The van der Waals surface area contributed by atoms with Gasteiger partial charge in [-0.05, 0) is 30.7 Å². The summed E-state index contributed by atoms with van der Waals surface area (Å²) in [6, 6.07) is 9.46. The second-order valence-electron chi connectivity index (χ2n) is 6.15. The minimum atomic E-state index is -0.268. The van der Waals surface area contributed by atoms with Crippen molar-refractivity contribution in [1.82, 2.24) is 4.90 Å². The predicted molar refractivity (Wildman–Crippen MR) is 101 cm³/mol. The number of nitrogens with one attached hydrogen (secondary N) is 1. The van der Waals surface area contributed by atoms with Gasteiger partial charge in [0, 0.05) is 25.0 Å². The number of carbonyl (C=O) groups excluding carboxylic acids is 1. The van der Waals surface area contributed by atoms with Crippen molar-refractivity contribution in [2.75, 3.05) is 38.2 Å². The fourth-order valence-electron chi connectivity index (χ4n) is 2.60. The molecule has 1 N–H and O–H groups in total. The van der Waals surface area contributed by atoms with E-state index in [1.165, 1.54) is 25.5 Å². The van der Waals surface area contributed by atoms with Crippen LogP contribution in [0.1, 0.15) is 32.6 Å². The maximum absolute atomic E-state index is 12.3. The van der Waals surface area contributed by atoms with Crippen LogP contribution >= 0.6 is 0 Å². The molecule has 1 aliphatic heterocycles. The SMILES string of the molecule is CCCCCCOc1ccc(NC=C(C#N)C(=O)N2CCOCC2)cc1. The number of rotatable bonds is 9. The highest BCUT2D eigenvalue weighted by Crippen LogP contribution is 2.17. The number of benzene rings is 1. The Balaban J connectivity index is 1.83. The molecule has 140 valence electrons.